The van der Waals surface area contributed by atoms with Gasteiger partial charge in [-0.3, -0.25) is 4.79 Å². The topological polar surface area (TPSA) is 58.4 Å². The van der Waals surface area contributed by atoms with Crippen LogP contribution in [0.5, 0.6) is 0 Å². The molecule has 0 aliphatic heterocycles. The normalized spacial score (nSPS) is 9.89. The fourth-order valence-corrected chi connectivity index (χ4v) is 1.84. The first-order valence-electron chi connectivity index (χ1n) is 6.00. The van der Waals surface area contributed by atoms with Crippen molar-refractivity contribution in [1.29, 1.82) is 0 Å². The summed E-state index contributed by atoms with van der Waals surface area (Å²) in [5, 5.41) is 2.75. The molecule has 0 aliphatic rings. The summed E-state index contributed by atoms with van der Waals surface area (Å²) in [6.07, 6.45) is 0.0765. The van der Waals surface area contributed by atoms with Gasteiger partial charge < -0.3 is 16.0 Å². The highest BCUT2D eigenvalue weighted by Gasteiger charge is 2.05. The Kier molecular flexibility index (Phi) is 5.58. The Morgan fingerprint density at radius 3 is 2.28 bits per heavy atom. The molecule has 0 heterocycles. The van der Waals surface area contributed by atoms with Crippen LogP contribution in [0.25, 0.3) is 0 Å². The number of hydrogen-bond acceptors (Lipinski definition) is 3. The first kappa shape index (κ1) is 14.4. The van der Waals surface area contributed by atoms with Crippen LogP contribution >= 0.6 is 12.2 Å². The number of amides is 1. The minimum absolute atomic E-state index is 0.0765. The van der Waals surface area contributed by atoms with Gasteiger partial charge in [-0.15, -0.1) is 0 Å². The molecule has 1 amide bonds. The lowest BCUT2D eigenvalue weighted by atomic mass is 10.2. The maximum Gasteiger partial charge on any atom is 0.231 e. The van der Waals surface area contributed by atoms with Crippen LogP contribution in [0, 0.1) is 0 Å². The third kappa shape index (κ3) is 4.33. The molecule has 0 aromatic heterocycles. The minimum Gasteiger partial charge on any atom is -0.393 e. The zero-order valence-electron chi connectivity index (χ0n) is 10.8. The molecule has 1 rings (SSSR count). The average Bonchev–Trinajstić information content (AvgIpc) is 2.31. The molecule has 1 aromatic carbocycles. The van der Waals surface area contributed by atoms with Crippen LogP contribution in [0.3, 0.4) is 0 Å². The summed E-state index contributed by atoms with van der Waals surface area (Å²) in [6.45, 7) is 6.15. The highest BCUT2D eigenvalue weighted by atomic mass is 32.1. The summed E-state index contributed by atoms with van der Waals surface area (Å²) >= 11 is 4.68. The number of benzene rings is 1. The number of nitrogens with two attached hydrogens (primary N) is 1. The first-order chi connectivity index (χ1) is 8.56. The second kappa shape index (κ2) is 6.96. The predicted octanol–water partition coefficient (Wildman–Crippen LogP) is 2.15. The van der Waals surface area contributed by atoms with E-state index >= 15 is 0 Å². The molecule has 0 atom stereocenters. The van der Waals surface area contributed by atoms with E-state index in [1.165, 1.54) is 0 Å². The number of hydrogen-bond donors (Lipinski definition) is 2. The summed E-state index contributed by atoms with van der Waals surface area (Å²) in [4.78, 5) is 13.9. The summed E-state index contributed by atoms with van der Waals surface area (Å²) in [7, 11) is 0. The van der Waals surface area contributed by atoms with Gasteiger partial charge in [0, 0.05) is 24.5 Å². The molecular formula is C13H19N3OS. The van der Waals surface area contributed by atoms with Gasteiger partial charge in [-0.25, -0.2) is 0 Å². The highest BCUT2D eigenvalue weighted by Crippen LogP contribution is 2.17. The molecule has 0 bridgehead atoms. The molecule has 1 aromatic rings. The van der Waals surface area contributed by atoms with E-state index in [1.54, 1.807) is 0 Å². The van der Waals surface area contributed by atoms with Crippen molar-refractivity contribution in [1.82, 2.24) is 0 Å². The number of carbonyl (C=O) groups is 1. The van der Waals surface area contributed by atoms with Gasteiger partial charge in [0.25, 0.3) is 0 Å². The fourth-order valence-electron chi connectivity index (χ4n) is 1.71. The van der Waals surface area contributed by atoms with E-state index in [0.29, 0.717) is 0 Å². The summed E-state index contributed by atoms with van der Waals surface area (Å²) in [6, 6.07) is 7.74. The molecule has 3 N–H and O–H groups in total. The maximum absolute atomic E-state index is 11.5. The number of nitrogens with zero attached hydrogens (tertiary/aromatic N) is 1. The van der Waals surface area contributed by atoms with Crippen LogP contribution in [0.1, 0.15) is 20.3 Å². The maximum atomic E-state index is 11.5. The highest BCUT2D eigenvalue weighted by molar-refractivity contribution is 7.80. The Morgan fingerprint density at radius 1 is 1.28 bits per heavy atom. The van der Waals surface area contributed by atoms with E-state index in [0.717, 1.165) is 24.5 Å². The van der Waals surface area contributed by atoms with Crippen molar-refractivity contribution in [2.24, 2.45) is 5.73 Å². The van der Waals surface area contributed by atoms with Gasteiger partial charge in [-0.1, -0.05) is 12.2 Å². The van der Waals surface area contributed by atoms with E-state index in [9.17, 15) is 4.79 Å². The van der Waals surface area contributed by atoms with Crippen LogP contribution in [-0.4, -0.2) is 24.0 Å². The van der Waals surface area contributed by atoms with Gasteiger partial charge in [0.1, 0.15) is 0 Å². The van der Waals surface area contributed by atoms with Crippen LogP contribution in [0.2, 0.25) is 0 Å². The van der Waals surface area contributed by atoms with Gasteiger partial charge >= 0.3 is 0 Å². The second-order valence-electron chi connectivity index (χ2n) is 3.91. The predicted molar refractivity (Wildman–Crippen MR) is 80.0 cm³/mol. The lowest BCUT2D eigenvalue weighted by molar-refractivity contribution is -0.115. The number of nitrogens with one attached hydrogen (secondary N) is 1. The summed E-state index contributed by atoms with van der Waals surface area (Å²) in [5.74, 6) is -0.182. The molecule has 5 heteroatoms. The van der Waals surface area contributed by atoms with Crippen molar-refractivity contribution in [3.63, 3.8) is 0 Å². The van der Waals surface area contributed by atoms with Crippen molar-refractivity contribution in [3.05, 3.63) is 24.3 Å². The van der Waals surface area contributed by atoms with E-state index in [2.05, 4.69) is 36.3 Å². The van der Waals surface area contributed by atoms with Gasteiger partial charge in [0.2, 0.25) is 5.91 Å². The van der Waals surface area contributed by atoms with Gasteiger partial charge in [-0.05, 0) is 38.1 Å². The molecule has 0 fully saturated rings. The molecule has 0 aliphatic carbocycles. The number of thiocarbonyl (C=S) groups is 1. The average molecular weight is 265 g/mol. The Morgan fingerprint density at radius 2 is 1.83 bits per heavy atom. The van der Waals surface area contributed by atoms with E-state index in [-0.39, 0.29) is 17.3 Å². The van der Waals surface area contributed by atoms with Crippen molar-refractivity contribution >= 4 is 34.5 Å². The summed E-state index contributed by atoms with van der Waals surface area (Å²) < 4.78 is 0. The Bertz CT molecular complexity index is 413. The monoisotopic (exact) mass is 265 g/mol. The van der Waals surface area contributed by atoms with Crippen molar-refractivity contribution < 1.29 is 4.79 Å². The quantitative estimate of drug-likeness (QED) is 0.774. The van der Waals surface area contributed by atoms with Crippen molar-refractivity contribution in [2.45, 2.75) is 20.3 Å². The largest absolute Gasteiger partial charge is 0.393 e. The SMILES string of the molecule is CCN(CC)c1ccc(NC(=O)CC(N)=S)cc1. The van der Waals surface area contributed by atoms with Gasteiger partial charge in [0.05, 0.1) is 11.4 Å². The number of carbonyl (C=O) groups excluding carboxylic acids is 1. The van der Waals surface area contributed by atoms with Crippen LogP contribution in [0.4, 0.5) is 11.4 Å². The molecule has 0 unspecified atom stereocenters. The standard InChI is InChI=1S/C13H19N3OS/c1-3-16(4-2)11-7-5-10(6-8-11)15-13(17)9-12(14)18/h5-8H,3-4,9H2,1-2H3,(H2,14,18)(H,15,17). The zero-order valence-corrected chi connectivity index (χ0v) is 11.6. The van der Waals surface area contributed by atoms with Gasteiger partial charge in [0.15, 0.2) is 0 Å². The lowest BCUT2D eigenvalue weighted by Gasteiger charge is -2.21. The van der Waals surface area contributed by atoms with Gasteiger partial charge in [-0.2, -0.15) is 0 Å². The molecule has 4 nitrogen and oxygen atoms in total. The third-order valence-corrected chi connectivity index (χ3v) is 2.76. The lowest BCUT2D eigenvalue weighted by Crippen LogP contribution is -2.22. The molecule has 0 saturated heterocycles. The molecule has 0 radical (unpaired) electrons. The van der Waals surface area contributed by atoms with E-state index < -0.39 is 0 Å². The zero-order chi connectivity index (χ0) is 13.5. The van der Waals surface area contributed by atoms with Crippen LogP contribution in [0.15, 0.2) is 24.3 Å². The Hall–Kier alpha value is -1.62. The second-order valence-corrected chi connectivity index (χ2v) is 4.43. The molecule has 18 heavy (non-hydrogen) atoms. The number of rotatable bonds is 6. The summed E-state index contributed by atoms with van der Waals surface area (Å²) in [5.41, 5.74) is 7.21. The van der Waals surface area contributed by atoms with Crippen molar-refractivity contribution in [3.8, 4) is 0 Å². The molecule has 0 saturated carbocycles. The molecule has 98 valence electrons. The molecular weight excluding hydrogens is 246 g/mol. The minimum atomic E-state index is -0.182. The smallest absolute Gasteiger partial charge is 0.231 e. The van der Waals surface area contributed by atoms with Crippen molar-refractivity contribution in [2.75, 3.05) is 23.3 Å². The van der Waals surface area contributed by atoms with Crippen LogP contribution in [-0.2, 0) is 4.79 Å². The third-order valence-electron chi connectivity index (χ3n) is 2.61. The Balaban J connectivity index is 2.65. The van der Waals surface area contributed by atoms with E-state index in [4.69, 9.17) is 5.73 Å². The fraction of sp³-hybridized carbons (Fsp3) is 0.385. The van der Waals surface area contributed by atoms with Crippen LogP contribution < -0.4 is 16.0 Å². The first-order valence-corrected chi connectivity index (χ1v) is 6.40. The Labute approximate surface area is 113 Å². The van der Waals surface area contributed by atoms with E-state index in [1.807, 2.05) is 24.3 Å². The number of anilines is 2. The molecule has 0 spiro atoms.